The average molecular weight is 385 g/mol. The van der Waals surface area contributed by atoms with E-state index in [9.17, 15) is 10.1 Å². The number of hydrogen-bond donors (Lipinski definition) is 0. The first kappa shape index (κ1) is 21.3. The van der Waals surface area contributed by atoms with Gasteiger partial charge in [0, 0.05) is 31.2 Å². The molecule has 8 nitrogen and oxygen atoms in total. The Bertz CT molecular complexity index is 768. The maximum absolute atomic E-state index is 12.2. The van der Waals surface area contributed by atoms with Gasteiger partial charge in [-0.25, -0.2) is 9.78 Å². The summed E-state index contributed by atoms with van der Waals surface area (Å²) in [6.45, 7) is 7.08. The lowest BCUT2D eigenvalue weighted by molar-refractivity contribution is 0.0204. The van der Waals surface area contributed by atoms with Crippen LogP contribution >= 0.6 is 0 Å². The zero-order valence-electron chi connectivity index (χ0n) is 16.9. The number of nitriles is 2. The van der Waals surface area contributed by atoms with Crippen molar-refractivity contribution in [1.29, 1.82) is 10.5 Å². The quantitative estimate of drug-likeness (QED) is 0.565. The molecule has 0 radical (unpaired) electrons. The van der Waals surface area contributed by atoms with Crippen molar-refractivity contribution in [2.75, 3.05) is 31.6 Å². The SMILES string of the molecule is COc1nc(C2CCN(C(=O)OC(C)(C)C)CC2)ccc1N(C#N)CCC#N. The number of methoxy groups -OCH3 is 1. The number of anilines is 1. The molecule has 0 atom stereocenters. The van der Waals surface area contributed by atoms with E-state index in [0.29, 0.717) is 31.2 Å². The summed E-state index contributed by atoms with van der Waals surface area (Å²) < 4.78 is 10.8. The lowest BCUT2D eigenvalue weighted by Crippen LogP contribution is -2.41. The summed E-state index contributed by atoms with van der Waals surface area (Å²) >= 11 is 0. The lowest BCUT2D eigenvalue weighted by Gasteiger charge is -2.33. The highest BCUT2D eigenvalue weighted by atomic mass is 16.6. The number of ether oxygens (including phenoxy) is 2. The fourth-order valence-electron chi connectivity index (χ4n) is 3.10. The van der Waals surface area contributed by atoms with Crippen molar-refractivity contribution in [3.63, 3.8) is 0 Å². The van der Waals surface area contributed by atoms with E-state index < -0.39 is 5.60 Å². The Balaban J connectivity index is 2.06. The van der Waals surface area contributed by atoms with Gasteiger partial charge in [0.1, 0.15) is 11.3 Å². The maximum Gasteiger partial charge on any atom is 0.410 e. The van der Waals surface area contributed by atoms with Gasteiger partial charge in [0.05, 0.1) is 19.6 Å². The van der Waals surface area contributed by atoms with E-state index in [1.165, 1.54) is 12.0 Å². The highest BCUT2D eigenvalue weighted by Gasteiger charge is 2.28. The monoisotopic (exact) mass is 385 g/mol. The first-order valence-electron chi connectivity index (χ1n) is 9.36. The molecule has 28 heavy (non-hydrogen) atoms. The van der Waals surface area contributed by atoms with Gasteiger partial charge in [-0.2, -0.15) is 10.5 Å². The standard InChI is InChI=1S/C20H27N5O3/c1-20(2,3)28-19(26)24-12-8-15(9-13-24)16-6-7-17(18(23-16)27-4)25(14-22)11-5-10-21/h6-7,15H,5,8-9,11-13H2,1-4H3. The van der Waals surface area contributed by atoms with Crippen LogP contribution in [0.25, 0.3) is 0 Å². The van der Waals surface area contributed by atoms with Crippen molar-refractivity contribution in [2.24, 2.45) is 0 Å². The topological polar surface area (TPSA) is 102 Å². The summed E-state index contributed by atoms with van der Waals surface area (Å²) in [5.41, 5.74) is 0.925. The number of carbonyl (C=O) groups is 1. The molecule has 1 aromatic rings. The highest BCUT2D eigenvalue weighted by molar-refractivity contribution is 5.68. The Hall–Kier alpha value is -3.00. The Labute approximate surface area is 166 Å². The zero-order valence-corrected chi connectivity index (χ0v) is 16.9. The summed E-state index contributed by atoms with van der Waals surface area (Å²) in [6.07, 6.45) is 3.59. The van der Waals surface area contributed by atoms with E-state index in [1.807, 2.05) is 39.0 Å². The van der Waals surface area contributed by atoms with Gasteiger partial charge >= 0.3 is 6.09 Å². The lowest BCUT2D eigenvalue weighted by atomic mass is 9.93. The zero-order chi connectivity index (χ0) is 20.7. The Morgan fingerprint density at radius 1 is 1.32 bits per heavy atom. The maximum atomic E-state index is 12.2. The van der Waals surface area contributed by atoms with Gasteiger partial charge < -0.3 is 14.4 Å². The summed E-state index contributed by atoms with van der Waals surface area (Å²) in [6, 6.07) is 5.73. The Morgan fingerprint density at radius 2 is 2.00 bits per heavy atom. The van der Waals surface area contributed by atoms with Gasteiger partial charge in [0.2, 0.25) is 5.88 Å². The molecule has 0 unspecified atom stereocenters. The second kappa shape index (κ2) is 9.27. The van der Waals surface area contributed by atoms with Crippen molar-refractivity contribution >= 4 is 11.8 Å². The molecule has 1 saturated heterocycles. The average Bonchev–Trinajstić information content (AvgIpc) is 2.67. The number of aromatic nitrogens is 1. The highest BCUT2D eigenvalue weighted by Crippen LogP contribution is 2.33. The molecule has 0 aliphatic carbocycles. The van der Waals surface area contributed by atoms with E-state index in [1.54, 1.807) is 4.90 Å². The van der Waals surface area contributed by atoms with E-state index in [0.717, 1.165) is 18.5 Å². The van der Waals surface area contributed by atoms with Crippen LogP contribution in [0, 0.1) is 22.8 Å². The Morgan fingerprint density at radius 3 is 2.54 bits per heavy atom. The van der Waals surface area contributed by atoms with Gasteiger partial charge in [0.25, 0.3) is 0 Å². The molecule has 0 spiro atoms. The van der Waals surface area contributed by atoms with Crippen LogP contribution in [0.15, 0.2) is 12.1 Å². The molecule has 0 N–H and O–H groups in total. The number of rotatable bonds is 5. The molecule has 1 amide bonds. The summed E-state index contributed by atoms with van der Waals surface area (Å²) in [5.74, 6) is 0.572. The molecule has 1 aliphatic rings. The number of pyridine rings is 1. The molecule has 1 fully saturated rings. The number of amides is 1. The summed E-state index contributed by atoms with van der Waals surface area (Å²) in [5, 5.41) is 18.1. The third-order valence-corrected chi connectivity index (χ3v) is 4.48. The fourth-order valence-corrected chi connectivity index (χ4v) is 3.10. The molecule has 1 aromatic heterocycles. The second-order valence-corrected chi connectivity index (χ2v) is 7.67. The van der Waals surface area contributed by atoms with Crippen LogP contribution < -0.4 is 9.64 Å². The predicted octanol–water partition coefficient (Wildman–Crippen LogP) is 3.41. The van der Waals surface area contributed by atoms with Crippen LogP contribution in [0.1, 0.15) is 51.6 Å². The van der Waals surface area contributed by atoms with Crippen LogP contribution in [0.4, 0.5) is 10.5 Å². The largest absolute Gasteiger partial charge is 0.479 e. The molecule has 150 valence electrons. The minimum absolute atomic E-state index is 0.205. The molecule has 0 bridgehead atoms. The van der Waals surface area contributed by atoms with Crippen molar-refractivity contribution in [1.82, 2.24) is 9.88 Å². The molecule has 1 aliphatic heterocycles. The molecule has 8 heteroatoms. The molecule has 0 saturated carbocycles. The normalized spacial score (nSPS) is 14.7. The van der Waals surface area contributed by atoms with Gasteiger partial charge in [-0.1, -0.05) is 0 Å². The summed E-state index contributed by atoms with van der Waals surface area (Å²) in [7, 11) is 1.51. The molecular weight excluding hydrogens is 358 g/mol. The van der Waals surface area contributed by atoms with E-state index in [-0.39, 0.29) is 18.4 Å². The third kappa shape index (κ3) is 5.50. The van der Waals surface area contributed by atoms with Crippen molar-refractivity contribution in [3.05, 3.63) is 17.8 Å². The molecule has 0 aromatic carbocycles. The molecular formula is C20H27N5O3. The van der Waals surface area contributed by atoms with Gasteiger partial charge in [-0.05, 0) is 45.7 Å². The van der Waals surface area contributed by atoms with Crippen LogP contribution in [-0.4, -0.2) is 48.3 Å². The Kier molecular flexibility index (Phi) is 7.06. The smallest absolute Gasteiger partial charge is 0.410 e. The van der Waals surface area contributed by atoms with Crippen molar-refractivity contribution < 1.29 is 14.3 Å². The predicted molar refractivity (Wildman–Crippen MR) is 104 cm³/mol. The minimum atomic E-state index is -0.503. The first-order valence-corrected chi connectivity index (χ1v) is 9.36. The van der Waals surface area contributed by atoms with Gasteiger partial charge in [0.15, 0.2) is 6.19 Å². The van der Waals surface area contributed by atoms with Crippen LogP contribution in [0.5, 0.6) is 5.88 Å². The number of nitrogens with zero attached hydrogens (tertiary/aromatic N) is 5. The van der Waals surface area contributed by atoms with Crippen LogP contribution in [0.2, 0.25) is 0 Å². The van der Waals surface area contributed by atoms with Crippen LogP contribution in [0.3, 0.4) is 0 Å². The first-order chi connectivity index (χ1) is 13.3. The van der Waals surface area contributed by atoms with Gasteiger partial charge in [-0.15, -0.1) is 0 Å². The molecule has 2 heterocycles. The fraction of sp³-hybridized carbons (Fsp3) is 0.600. The third-order valence-electron chi connectivity index (χ3n) is 4.48. The minimum Gasteiger partial charge on any atom is -0.479 e. The second-order valence-electron chi connectivity index (χ2n) is 7.67. The molecule has 2 rings (SSSR count). The van der Waals surface area contributed by atoms with Crippen LogP contribution in [-0.2, 0) is 4.74 Å². The van der Waals surface area contributed by atoms with Crippen molar-refractivity contribution in [3.8, 4) is 18.1 Å². The van der Waals surface area contributed by atoms with Gasteiger partial charge in [-0.3, -0.25) is 4.90 Å². The summed E-state index contributed by atoms with van der Waals surface area (Å²) in [4.78, 5) is 19.9. The number of likely N-dealkylation sites (tertiary alicyclic amines) is 1. The van der Waals surface area contributed by atoms with Crippen molar-refractivity contribution in [2.45, 2.75) is 51.6 Å². The number of hydrogen-bond acceptors (Lipinski definition) is 7. The van der Waals surface area contributed by atoms with E-state index >= 15 is 0 Å². The number of piperidine rings is 1. The van der Waals surface area contributed by atoms with E-state index in [4.69, 9.17) is 14.7 Å². The number of carbonyl (C=O) groups excluding carboxylic acids is 1. The van der Waals surface area contributed by atoms with E-state index in [2.05, 4.69) is 11.2 Å².